The van der Waals surface area contributed by atoms with Gasteiger partial charge in [0.1, 0.15) is 12.1 Å². The van der Waals surface area contributed by atoms with Crippen LogP contribution in [0.3, 0.4) is 0 Å². The molecule has 0 bridgehead atoms. The molecule has 6 heteroatoms. The van der Waals surface area contributed by atoms with Gasteiger partial charge >= 0.3 is 5.97 Å². The first-order chi connectivity index (χ1) is 22.1. The lowest BCUT2D eigenvalue weighted by molar-refractivity contribution is -0.433. The third kappa shape index (κ3) is 5.28. The summed E-state index contributed by atoms with van der Waals surface area (Å²) < 4.78 is 13.7. The molecule has 0 saturated carbocycles. The van der Waals surface area contributed by atoms with Gasteiger partial charge < -0.3 is 19.5 Å². The van der Waals surface area contributed by atoms with Gasteiger partial charge in [0.2, 0.25) is 5.69 Å². The van der Waals surface area contributed by atoms with Crippen LogP contribution in [0.25, 0.3) is 0 Å². The van der Waals surface area contributed by atoms with Crippen molar-refractivity contribution in [2.45, 2.75) is 85.9 Å². The maximum absolute atomic E-state index is 13.5. The van der Waals surface area contributed by atoms with Crippen molar-refractivity contribution in [3.05, 3.63) is 129 Å². The zero-order valence-corrected chi connectivity index (χ0v) is 29.4. The van der Waals surface area contributed by atoms with E-state index in [0.717, 1.165) is 24.2 Å². The van der Waals surface area contributed by atoms with E-state index < -0.39 is 17.7 Å². The van der Waals surface area contributed by atoms with Crippen LogP contribution in [0.2, 0.25) is 0 Å². The van der Waals surface area contributed by atoms with E-state index in [0.29, 0.717) is 5.57 Å². The molecule has 3 aliphatic heterocycles. The van der Waals surface area contributed by atoms with Gasteiger partial charge in [-0.3, -0.25) is 0 Å². The Morgan fingerprint density at radius 2 is 1.51 bits per heavy atom. The number of carbonyl (C=O) groups is 1. The molecule has 6 rings (SSSR count). The summed E-state index contributed by atoms with van der Waals surface area (Å²) in [6.45, 7) is 22.5. The molecule has 0 unspecified atom stereocenters. The summed E-state index contributed by atoms with van der Waals surface area (Å²) >= 11 is 0. The average Bonchev–Trinajstić information content (AvgIpc) is 3.54. The average molecular weight is 632 g/mol. The predicted octanol–water partition coefficient (Wildman–Crippen LogP) is 8.83. The van der Waals surface area contributed by atoms with E-state index in [1.54, 1.807) is 13.8 Å². The van der Waals surface area contributed by atoms with Crippen molar-refractivity contribution in [3.63, 3.8) is 0 Å². The molecule has 2 aromatic carbocycles. The number of likely N-dealkylation sites (N-methyl/N-ethyl adjacent to an activating group) is 1. The fraction of sp³-hybridized carbons (Fsp3) is 0.366. The van der Waals surface area contributed by atoms with Gasteiger partial charge in [-0.15, -0.1) is 0 Å². The van der Waals surface area contributed by atoms with Crippen LogP contribution in [0.1, 0.15) is 77.6 Å². The van der Waals surface area contributed by atoms with E-state index in [1.807, 2.05) is 24.3 Å². The molecule has 244 valence electrons. The topological polar surface area (TPSA) is 62.0 Å². The third-order valence-corrected chi connectivity index (χ3v) is 9.94. The first kappa shape index (κ1) is 32.4. The number of esters is 1. The van der Waals surface area contributed by atoms with Crippen LogP contribution in [0, 0.1) is 13.8 Å². The van der Waals surface area contributed by atoms with E-state index in [9.17, 15) is 9.90 Å². The second-order valence-corrected chi connectivity index (χ2v) is 14.4. The molecule has 0 spiro atoms. The fourth-order valence-electron chi connectivity index (χ4n) is 7.55. The molecular formula is C41H47N2O4+. The number of ether oxygens (including phenoxy) is 2. The van der Waals surface area contributed by atoms with Gasteiger partial charge in [-0.2, -0.15) is 4.58 Å². The van der Waals surface area contributed by atoms with E-state index in [4.69, 9.17) is 9.47 Å². The number of hydrogen-bond acceptors (Lipinski definition) is 5. The highest BCUT2D eigenvalue weighted by atomic mass is 16.8. The summed E-state index contributed by atoms with van der Waals surface area (Å²) in [6.07, 6.45) is 12.4. The first-order valence-electron chi connectivity index (χ1n) is 16.6. The van der Waals surface area contributed by atoms with E-state index >= 15 is 0 Å². The molecule has 0 fully saturated rings. The number of hydrogen-bond donors (Lipinski definition) is 1. The Hall–Kier alpha value is -4.58. The first-order valence-corrected chi connectivity index (χ1v) is 16.6. The lowest BCUT2D eigenvalue weighted by atomic mass is 9.80. The lowest BCUT2D eigenvalue weighted by Crippen LogP contribution is -2.37. The van der Waals surface area contributed by atoms with E-state index in [1.165, 1.54) is 45.0 Å². The summed E-state index contributed by atoms with van der Waals surface area (Å²) in [5, 5.41) is 11.2. The summed E-state index contributed by atoms with van der Waals surface area (Å²) in [4.78, 5) is 15.9. The minimum absolute atomic E-state index is 0.0255. The molecule has 2 aromatic rings. The van der Waals surface area contributed by atoms with Crippen LogP contribution in [0.5, 0.6) is 0 Å². The number of aliphatic hydroxyl groups excluding tert-OH is 1. The Morgan fingerprint density at radius 3 is 2.17 bits per heavy atom. The van der Waals surface area contributed by atoms with E-state index in [-0.39, 0.29) is 16.4 Å². The quantitative estimate of drug-likeness (QED) is 0.255. The fourth-order valence-corrected chi connectivity index (χ4v) is 7.55. The number of anilines is 1. The van der Waals surface area contributed by atoms with Gasteiger partial charge in [0.25, 0.3) is 11.7 Å². The van der Waals surface area contributed by atoms with Crippen LogP contribution >= 0.6 is 0 Å². The van der Waals surface area contributed by atoms with Gasteiger partial charge in [-0.05, 0) is 82.5 Å². The van der Waals surface area contributed by atoms with Gasteiger partial charge in [-0.1, -0.05) is 61.4 Å². The predicted molar refractivity (Wildman–Crippen MR) is 189 cm³/mol. The van der Waals surface area contributed by atoms with Gasteiger partial charge in [0, 0.05) is 60.5 Å². The van der Waals surface area contributed by atoms with Crippen LogP contribution in [-0.4, -0.2) is 40.2 Å². The Balaban J connectivity index is 1.49. The largest absolute Gasteiger partial charge is 0.480 e. The van der Waals surface area contributed by atoms with Crippen molar-refractivity contribution >= 4 is 23.1 Å². The summed E-state index contributed by atoms with van der Waals surface area (Å²) in [5.74, 6) is -2.32. The smallest absolute Gasteiger partial charge is 0.349 e. The Labute approximate surface area is 279 Å². The van der Waals surface area contributed by atoms with Crippen LogP contribution in [0.4, 0.5) is 11.4 Å². The molecule has 47 heavy (non-hydrogen) atoms. The van der Waals surface area contributed by atoms with Gasteiger partial charge in [0.15, 0.2) is 5.71 Å². The number of aryl methyl sites for hydroxylation is 2. The molecular weight excluding hydrogens is 584 g/mol. The zero-order chi connectivity index (χ0) is 34.1. The molecule has 6 nitrogen and oxygen atoms in total. The van der Waals surface area contributed by atoms with Crippen molar-refractivity contribution < 1.29 is 24.0 Å². The Bertz CT molecular complexity index is 1920. The number of rotatable bonds is 6. The number of fused-ring (bicyclic) bond motifs is 2. The number of allylic oxidation sites excluding steroid dienone is 9. The maximum Gasteiger partial charge on any atom is 0.349 e. The molecule has 3 heterocycles. The minimum atomic E-state index is -1.27. The highest BCUT2D eigenvalue weighted by molar-refractivity contribution is 6.04. The number of carbonyl (C=O) groups excluding carboxylic acids is 1. The van der Waals surface area contributed by atoms with E-state index in [2.05, 4.69) is 113 Å². The van der Waals surface area contributed by atoms with Crippen LogP contribution < -0.4 is 4.90 Å². The summed E-state index contributed by atoms with van der Waals surface area (Å²) in [7, 11) is 0. The minimum Gasteiger partial charge on any atom is -0.480 e. The zero-order valence-electron chi connectivity index (χ0n) is 29.4. The van der Waals surface area contributed by atoms with Crippen molar-refractivity contribution in [3.8, 4) is 0 Å². The summed E-state index contributed by atoms with van der Waals surface area (Å²) in [5.41, 5.74) is 11.6. The third-order valence-electron chi connectivity index (χ3n) is 9.94. The van der Waals surface area contributed by atoms with Gasteiger partial charge in [0.05, 0.1) is 5.41 Å². The monoisotopic (exact) mass is 631 g/mol. The number of aliphatic hydroxyl groups is 1. The molecule has 4 aliphatic rings. The van der Waals surface area contributed by atoms with Crippen LogP contribution in [0.15, 0.2) is 107 Å². The molecule has 0 saturated heterocycles. The van der Waals surface area contributed by atoms with Crippen LogP contribution in [-0.2, 0) is 25.1 Å². The van der Waals surface area contributed by atoms with Crippen molar-refractivity contribution in [2.75, 3.05) is 18.0 Å². The maximum atomic E-state index is 13.5. The number of benzene rings is 2. The molecule has 0 radical (unpaired) electrons. The van der Waals surface area contributed by atoms with Crippen molar-refractivity contribution in [1.82, 2.24) is 0 Å². The lowest BCUT2D eigenvalue weighted by Gasteiger charge is -2.31. The van der Waals surface area contributed by atoms with Gasteiger partial charge in [-0.25, -0.2) is 4.79 Å². The highest BCUT2D eigenvalue weighted by Gasteiger charge is 2.45. The second kappa shape index (κ2) is 11.3. The van der Waals surface area contributed by atoms with Crippen molar-refractivity contribution in [2.24, 2.45) is 0 Å². The molecule has 0 amide bonds. The SMILES string of the molecule is CCN1/C(=C/C=C2\C=CC(/C=C/C3=[N+](CC)c4ccc(C)cc4C3(C)C)=C2C2=C(O)OC(C)(C)OC2=O)C(C)(C)c2cc(C)ccc21. The molecule has 0 atom stereocenters. The second-order valence-electron chi connectivity index (χ2n) is 14.4. The Kier molecular flexibility index (Phi) is 7.77. The van der Waals surface area contributed by atoms with Crippen molar-refractivity contribution in [1.29, 1.82) is 0 Å². The summed E-state index contributed by atoms with van der Waals surface area (Å²) in [6, 6.07) is 13.3. The molecule has 1 aliphatic carbocycles. The number of cyclic esters (lactones) is 1. The molecule has 1 N–H and O–H groups in total. The Morgan fingerprint density at radius 1 is 0.830 bits per heavy atom. The highest BCUT2D eigenvalue weighted by Crippen LogP contribution is 2.48. The number of nitrogens with zero attached hydrogens (tertiary/aromatic N) is 2. The standard InChI is InChI=1S/C41H46N2O4/c1-11-42-31-19-13-25(3)23-29(31)39(5,6)33(42)21-17-27-15-16-28(35(27)36-37(44)46-41(9,10)47-38(36)45)18-22-34-40(7,8)30-24-26(4)14-20-32(30)43(34)12-2/h13-24H,11-12H2,1-10H3/p+1/b27-17+,33-21+. The normalized spacial score (nSPS) is 22.6. The molecule has 0 aromatic heterocycles.